The van der Waals surface area contributed by atoms with Crippen LogP contribution in [0.1, 0.15) is 12.5 Å². The van der Waals surface area contributed by atoms with E-state index in [0.717, 1.165) is 4.90 Å². The molecule has 4 amide bonds. The Morgan fingerprint density at radius 1 is 1.04 bits per heavy atom. The quantitative estimate of drug-likeness (QED) is 0.783. The largest absolute Gasteiger partial charge is 0.325 e. The molecule has 6 nitrogen and oxygen atoms in total. The van der Waals surface area contributed by atoms with Gasteiger partial charge >= 0.3 is 6.03 Å². The van der Waals surface area contributed by atoms with Crippen molar-refractivity contribution in [2.75, 3.05) is 11.9 Å². The summed E-state index contributed by atoms with van der Waals surface area (Å²) in [4.78, 5) is 38.1. The zero-order valence-corrected chi connectivity index (χ0v) is 15.3. The fourth-order valence-electron chi connectivity index (χ4n) is 2.70. The third-order valence-electron chi connectivity index (χ3n) is 4.13. The number of hydrogen-bond donors (Lipinski definition) is 2. The Kier molecular flexibility index (Phi) is 4.89. The number of urea groups is 1. The van der Waals surface area contributed by atoms with E-state index in [-0.39, 0.29) is 0 Å². The summed E-state index contributed by atoms with van der Waals surface area (Å²) in [7, 11) is 0. The van der Waals surface area contributed by atoms with E-state index in [1.165, 1.54) is 0 Å². The molecule has 0 spiro atoms. The molecule has 0 aromatic heterocycles. The smallest absolute Gasteiger partial charge is 0.325 e. The van der Waals surface area contributed by atoms with E-state index in [9.17, 15) is 14.4 Å². The lowest BCUT2D eigenvalue weighted by molar-refractivity contribution is -0.133. The summed E-state index contributed by atoms with van der Waals surface area (Å²) < 4.78 is 0. The van der Waals surface area contributed by atoms with Gasteiger partial charge in [0.15, 0.2) is 0 Å². The van der Waals surface area contributed by atoms with Gasteiger partial charge in [0.05, 0.1) is 0 Å². The first-order valence-electron chi connectivity index (χ1n) is 7.75. The monoisotopic (exact) mass is 391 g/mol. The molecule has 0 unspecified atom stereocenters. The molecule has 134 valence electrons. The van der Waals surface area contributed by atoms with Gasteiger partial charge in [0, 0.05) is 15.7 Å². The minimum atomic E-state index is -1.25. The summed E-state index contributed by atoms with van der Waals surface area (Å²) in [6.45, 7) is 1.20. The Labute approximate surface area is 160 Å². The van der Waals surface area contributed by atoms with Crippen LogP contribution in [0.4, 0.5) is 10.5 Å². The lowest BCUT2D eigenvalue weighted by atomic mass is 9.92. The van der Waals surface area contributed by atoms with Crippen molar-refractivity contribution in [2.24, 2.45) is 0 Å². The molecule has 2 aromatic rings. The summed E-state index contributed by atoms with van der Waals surface area (Å²) in [5, 5.41) is 6.32. The molecule has 1 aliphatic rings. The van der Waals surface area contributed by atoms with Crippen LogP contribution in [0.5, 0.6) is 0 Å². The Balaban J connectivity index is 1.73. The number of halogens is 2. The van der Waals surface area contributed by atoms with Crippen LogP contribution in [0.3, 0.4) is 0 Å². The molecule has 1 aliphatic heterocycles. The third kappa shape index (κ3) is 3.52. The zero-order valence-electron chi connectivity index (χ0n) is 13.8. The van der Waals surface area contributed by atoms with Crippen LogP contribution in [0.2, 0.25) is 10.0 Å². The standard InChI is InChI=1S/C18H15Cl2N3O3/c1-18(11-2-4-12(19)5-3-11)16(25)23(17(26)22-18)10-15(24)21-14-8-6-13(20)7-9-14/h2-9H,10H2,1H3,(H,21,24)(H,22,26)/t18-/m1/s1. The highest BCUT2D eigenvalue weighted by Gasteiger charge is 2.49. The van der Waals surface area contributed by atoms with Crippen LogP contribution in [-0.4, -0.2) is 29.3 Å². The molecule has 3 rings (SSSR count). The molecule has 0 aliphatic carbocycles. The van der Waals surface area contributed by atoms with E-state index >= 15 is 0 Å². The number of anilines is 1. The maximum Gasteiger partial charge on any atom is 0.325 e. The molecule has 0 saturated carbocycles. The minimum absolute atomic E-state index is 0.392. The number of hydrogen-bond acceptors (Lipinski definition) is 3. The fourth-order valence-corrected chi connectivity index (χ4v) is 2.95. The van der Waals surface area contributed by atoms with Gasteiger partial charge in [-0.1, -0.05) is 35.3 Å². The third-order valence-corrected chi connectivity index (χ3v) is 4.63. The maximum absolute atomic E-state index is 12.8. The number of amides is 4. The first-order valence-corrected chi connectivity index (χ1v) is 8.51. The number of carbonyl (C=O) groups excluding carboxylic acids is 3. The van der Waals surface area contributed by atoms with Gasteiger partial charge < -0.3 is 10.6 Å². The summed E-state index contributed by atoms with van der Waals surface area (Å²) in [5.41, 5.74) is -0.143. The Hall–Kier alpha value is -2.57. The molecular formula is C18H15Cl2N3O3. The molecule has 8 heteroatoms. The normalized spacial score (nSPS) is 19.4. The molecule has 2 aromatic carbocycles. The summed E-state index contributed by atoms with van der Waals surface area (Å²) in [6.07, 6.45) is 0. The van der Waals surface area contributed by atoms with Gasteiger partial charge in [0.1, 0.15) is 12.1 Å². The van der Waals surface area contributed by atoms with Gasteiger partial charge in [-0.05, 0) is 48.9 Å². The minimum Gasteiger partial charge on any atom is -0.325 e. The van der Waals surface area contributed by atoms with Crippen molar-refractivity contribution in [3.05, 3.63) is 64.1 Å². The molecule has 2 N–H and O–H groups in total. The first kappa shape index (κ1) is 18.2. The van der Waals surface area contributed by atoms with Gasteiger partial charge in [-0.3, -0.25) is 14.5 Å². The number of benzene rings is 2. The lowest BCUT2D eigenvalue weighted by Gasteiger charge is -2.22. The summed E-state index contributed by atoms with van der Waals surface area (Å²) >= 11 is 11.7. The molecule has 1 atom stereocenters. The second-order valence-corrected chi connectivity index (χ2v) is 6.88. The van der Waals surface area contributed by atoms with Crippen LogP contribution in [0.25, 0.3) is 0 Å². The number of carbonyl (C=O) groups is 3. The maximum atomic E-state index is 12.8. The average molecular weight is 392 g/mol. The highest BCUT2D eigenvalue weighted by molar-refractivity contribution is 6.31. The van der Waals surface area contributed by atoms with E-state index in [1.54, 1.807) is 55.5 Å². The molecule has 0 radical (unpaired) electrons. The second kappa shape index (κ2) is 6.97. The van der Waals surface area contributed by atoms with Crippen molar-refractivity contribution < 1.29 is 14.4 Å². The van der Waals surface area contributed by atoms with E-state index < -0.39 is 29.9 Å². The van der Waals surface area contributed by atoms with Crippen LogP contribution in [-0.2, 0) is 15.1 Å². The van der Waals surface area contributed by atoms with Crippen LogP contribution in [0.15, 0.2) is 48.5 Å². The number of imide groups is 1. The van der Waals surface area contributed by atoms with E-state index in [2.05, 4.69) is 10.6 Å². The van der Waals surface area contributed by atoms with Gasteiger partial charge in [-0.2, -0.15) is 0 Å². The first-order chi connectivity index (χ1) is 12.3. The summed E-state index contributed by atoms with van der Waals surface area (Å²) in [6, 6.07) is 12.5. The van der Waals surface area contributed by atoms with Crippen LogP contribution >= 0.6 is 23.2 Å². The molecule has 1 heterocycles. The highest BCUT2D eigenvalue weighted by Crippen LogP contribution is 2.29. The van der Waals surface area contributed by atoms with Gasteiger partial charge in [0.25, 0.3) is 5.91 Å². The topological polar surface area (TPSA) is 78.5 Å². The van der Waals surface area contributed by atoms with E-state index in [1.807, 2.05) is 0 Å². The van der Waals surface area contributed by atoms with Crippen molar-refractivity contribution in [3.63, 3.8) is 0 Å². The average Bonchev–Trinajstić information content (AvgIpc) is 2.82. The molecule has 0 bridgehead atoms. The zero-order chi connectivity index (χ0) is 18.9. The number of rotatable bonds is 4. The molecule has 1 saturated heterocycles. The van der Waals surface area contributed by atoms with Crippen molar-refractivity contribution in [2.45, 2.75) is 12.5 Å². The summed E-state index contributed by atoms with van der Waals surface area (Å²) in [5.74, 6) is -0.993. The Morgan fingerprint density at radius 3 is 2.15 bits per heavy atom. The van der Waals surface area contributed by atoms with Crippen molar-refractivity contribution >= 4 is 46.7 Å². The molecular weight excluding hydrogens is 377 g/mol. The fraction of sp³-hybridized carbons (Fsp3) is 0.167. The lowest BCUT2D eigenvalue weighted by Crippen LogP contribution is -2.42. The Bertz CT molecular complexity index is 868. The van der Waals surface area contributed by atoms with Crippen LogP contribution < -0.4 is 10.6 Å². The predicted molar refractivity (Wildman–Crippen MR) is 99.1 cm³/mol. The van der Waals surface area contributed by atoms with Crippen LogP contribution in [0, 0.1) is 0 Å². The number of nitrogens with one attached hydrogen (secondary N) is 2. The van der Waals surface area contributed by atoms with E-state index in [4.69, 9.17) is 23.2 Å². The van der Waals surface area contributed by atoms with Crippen molar-refractivity contribution in [1.82, 2.24) is 10.2 Å². The van der Waals surface area contributed by atoms with Crippen molar-refractivity contribution in [1.29, 1.82) is 0 Å². The van der Waals surface area contributed by atoms with Gasteiger partial charge in [-0.25, -0.2) is 4.79 Å². The molecule has 1 fully saturated rings. The van der Waals surface area contributed by atoms with E-state index in [0.29, 0.717) is 21.3 Å². The van der Waals surface area contributed by atoms with Gasteiger partial charge in [0.2, 0.25) is 5.91 Å². The molecule has 26 heavy (non-hydrogen) atoms. The Morgan fingerprint density at radius 2 is 1.58 bits per heavy atom. The second-order valence-electron chi connectivity index (χ2n) is 6.01. The highest BCUT2D eigenvalue weighted by atomic mass is 35.5. The van der Waals surface area contributed by atoms with Gasteiger partial charge in [-0.15, -0.1) is 0 Å². The predicted octanol–water partition coefficient (Wildman–Crippen LogP) is 3.40. The van der Waals surface area contributed by atoms with Crippen molar-refractivity contribution in [3.8, 4) is 0 Å². The SMILES string of the molecule is C[C@]1(c2ccc(Cl)cc2)NC(=O)N(CC(=O)Nc2ccc(Cl)cc2)C1=O. The number of nitrogens with zero attached hydrogens (tertiary/aromatic N) is 1.